The number of rotatable bonds is 8. The highest BCUT2D eigenvalue weighted by Gasteiger charge is 2.35. The molecule has 1 fully saturated rings. The molecular formula is C18H19N5O2S2. The molecule has 9 heteroatoms. The highest BCUT2D eigenvalue weighted by molar-refractivity contribution is 8.01. The molecule has 1 aromatic heterocycles. The molecular weight excluding hydrogens is 382 g/mol. The fourth-order valence-electron chi connectivity index (χ4n) is 2.46. The number of thioether (sulfide) groups is 1. The summed E-state index contributed by atoms with van der Waals surface area (Å²) in [6, 6.07) is 9.21. The van der Waals surface area contributed by atoms with Crippen LogP contribution in [0.5, 0.6) is 0 Å². The minimum Gasteiger partial charge on any atom is -0.325 e. The maximum atomic E-state index is 12.1. The van der Waals surface area contributed by atoms with Crippen LogP contribution in [0.1, 0.15) is 38.2 Å². The zero-order valence-corrected chi connectivity index (χ0v) is 16.5. The van der Waals surface area contributed by atoms with Gasteiger partial charge in [0.15, 0.2) is 4.34 Å². The number of amides is 2. The number of carbonyl (C=O) groups excluding carboxylic acids is 2. The Kier molecular flexibility index (Phi) is 6.42. The van der Waals surface area contributed by atoms with Crippen LogP contribution in [0, 0.1) is 11.3 Å². The molecule has 1 aromatic carbocycles. The average Bonchev–Trinajstić information content (AvgIpc) is 3.40. The van der Waals surface area contributed by atoms with Gasteiger partial charge in [-0.1, -0.05) is 42.2 Å². The first-order valence-corrected chi connectivity index (χ1v) is 10.5. The van der Waals surface area contributed by atoms with Crippen LogP contribution in [0.2, 0.25) is 0 Å². The van der Waals surface area contributed by atoms with Gasteiger partial charge >= 0.3 is 0 Å². The third-order valence-electron chi connectivity index (χ3n) is 3.96. The Morgan fingerprint density at radius 3 is 2.85 bits per heavy atom. The van der Waals surface area contributed by atoms with E-state index in [1.165, 1.54) is 23.1 Å². The molecule has 3 rings (SSSR count). The summed E-state index contributed by atoms with van der Waals surface area (Å²) in [6.07, 6.45) is 2.76. The molecule has 1 saturated carbocycles. The summed E-state index contributed by atoms with van der Waals surface area (Å²) >= 11 is 2.83. The molecule has 1 aliphatic rings. The van der Waals surface area contributed by atoms with Crippen LogP contribution in [0.3, 0.4) is 0 Å². The van der Waals surface area contributed by atoms with E-state index < -0.39 is 0 Å². The van der Waals surface area contributed by atoms with Gasteiger partial charge in [-0.25, -0.2) is 0 Å². The van der Waals surface area contributed by atoms with E-state index >= 15 is 0 Å². The zero-order valence-electron chi connectivity index (χ0n) is 14.8. The Bertz CT molecular complexity index is 873. The number of hydrogen-bond acceptors (Lipinski definition) is 7. The first-order chi connectivity index (χ1) is 13.1. The standard InChI is InChI=1S/C18H19N5O2S2/c1-2-16(25)23(13-7-8-13)17-21-22-18(27-17)26-10-9-15(24)20-14-6-4-3-5-12(14)11-19/h3-6,13H,2,7-10H2,1H3,(H,20,24). The second-order valence-corrected chi connectivity index (χ2v) is 8.30. The Balaban J connectivity index is 1.51. The molecule has 0 spiro atoms. The molecule has 1 N–H and O–H groups in total. The third-order valence-corrected chi connectivity index (χ3v) is 6.02. The molecule has 1 aliphatic carbocycles. The topological polar surface area (TPSA) is 99.0 Å². The second-order valence-electron chi connectivity index (χ2n) is 6.00. The average molecular weight is 402 g/mol. The second kappa shape index (κ2) is 8.97. The maximum absolute atomic E-state index is 12.1. The molecule has 140 valence electrons. The SMILES string of the molecule is CCC(=O)N(c1nnc(SCCC(=O)Nc2ccccc2C#N)s1)C1CC1. The van der Waals surface area contributed by atoms with E-state index in [0.717, 1.165) is 17.2 Å². The number of carbonyl (C=O) groups is 2. The minimum atomic E-state index is -0.157. The summed E-state index contributed by atoms with van der Waals surface area (Å²) in [5.74, 6) is 0.455. The van der Waals surface area contributed by atoms with Crippen molar-refractivity contribution in [2.45, 2.75) is 43.0 Å². The highest BCUT2D eigenvalue weighted by Crippen LogP contribution is 2.36. The normalized spacial score (nSPS) is 13.0. The molecule has 0 atom stereocenters. The molecule has 1 heterocycles. The van der Waals surface area contributed by atoms with E-state index in [1.54, 1.807) is 29.2 Å². The predicted octanol–water partition coefficient (Wildman–Crippen LogP) is 3.44. The smallest absolute Gasteiger partial charge is 0.228 e. The van der Waals surface area contributed by atoms with Crippen LogP contribution in [0.15, 0.2) is 28.6 Å². The summed E-state index contributed by atoms with van der Waals surface area (Å²) in [5.41, 5.74) is 0.958. The lowest BCUT2D eigenvalue weighted by Gasteiger charge is -2.17. The van der Waals surface area contributed by atoms with Crippen LogP contribution < -0.4 is 10.2 Å². The third kappa shape index (κ3) is 5.05. The van der Waals surface area contributed by atoms with Gasteiger partial charge in [-0.15, -0.1) is 10.2 Å². The van der Waals surface area contributed by atoms with Crippen molar-refractivity contribution in [2.75, 3.05) is 16.0 Å². The summed E-state index contributed by atoms with van der Waals surface area (Å²) in [6.45, 7) is 1.84. The van der Waals surface area contributed by atoms with E-state index in [1.807, 2.05) is 6.92 Å². The van der Waals surface area contributed by atoms with Gasteiger partial charge in [0.25, 0.3) is 0 Å². The van der Waals surface area contributed by atoms with E-state index in [2.05, 4.69) is 21.6 Å². The van der Waals surface area contributed by atoms with Gasteiger partial charge in [0, 0.05) is 24.6 Å². The lowest BCUT2D eigenvalue weighted by Crippen LogP contribution is -2.32. The predicted molar refractivity (Wildman–Crippen MR) is 106 cm³/mol. The van der Waals surface area contributed by atoms with Crippen molar-refractivity contribution in [3.8, 4) is 6.07 Å². The van der Waals surface area contributed by atoms with Gasteiger partial charge < -0.3 is 5.32 Å². The molecule has 0 radical (unpaired) electrons. The fraction of sp³-hybridized carbons (Fsp3) is 0.389. The first-order valence-electron chi connectivity index (χ1n) is 8.69. The minimum absolute atomic E-state index is 0.0701. The van der Waals surface area contributed by atoms with Crippen molar-refractivity contribution in [1.82, 2.24) is 10.2 Å². The molecule has 27 heavy (non-hydrogen) atoms. The molecule has 0 saturated heterocycles. The highest BCUT2D eigenvalue weighted by atomic mass is 32.2. The van der Waals surface area contributed by atoms with Crippen molar-refractivity contribution in [3.05, 3.63) is 29.8 Å². The summed E-state index contributed by atoms with van der Waals surface area (Å²) < 4.78 is 0.741. The lowest BCUT2D eigenvalue weighted by molar-refractivity contribution is -0.118. The summed E-state index contributed by atoms with van der Waals surface area (Å²) in [4.78, 5) is 26.0. The van der Waals surface area contributed by atoms with E-state index in [4.69, 9.17) is 5.26 Å². The van der Waals surface area contributed by atoms with Gasteiger partial charge in [-0.2, -0.15) is 5.26 Å². The number of anilines is 2. The van der Waals surface area contributed by atoms with Crippen LogP contribution in [-0.2, 0) is 9.59 Å². The quantitative estimate of drug-likeness (QED) is 0.537. The van der Waals surface area contributed by atoms with Crippen molar-refractivity contribution < 1.29 is 9.59 Å². The van der Waals surface area contributed by atoms with Gasteiger partial charge in [0.2, 0.25) is 16.9 Å². The van der Waals surface area contributed by atoms with Gasteiger partial charge in [-0.3, -0.25) is 14.5 Å². The van der Waals surface area contributed by atoms with Crippen LogP contribution in [0.4, 0.5) is 10.8 Å². The molecule has 7 nitrogen and oxygen atoms in total. The van der Waals surface area contributed by atoms with Crippen LogP contribution in [-0.4, -0.2) is 33.8 Å². The Hall–Kier alpha value is -2.44. The summed E-state index contributed by atoms with van der Waals surface area (Å²) in [5, 5.41) is 20.7. The van der Waals surface area contributed by atoms with Gasteiger partial charge in [0.1, 0.15) is 6.07 Å². The van der Waals surface area contributed by atoms with Gasteiger partial charge in [0.05, 0.1) is 11.3 Å². The Morgan fingerprint density at radius 2 is 2.15 bits per heavy atom. The fourth-order valence-corrected chi connectivity index (χ4v) is 4.40. The van der Waals surface area contributed by atoms with Crippen molar-refractivity contribution in [1.29, 1.82) is 5.26 Å². The van der Waals surface area contributed by atoms with Crippen LogP contribution >= 0.6 is 23.1 Å². The molecule has 0 aliphatic heterocycles. The molecule has 2 amide bonds. The van der Waals surface area contributed by atoms with Gasteiger partial charge in [-0.05, 0) is 25.0 Å². The summed E-state index contributed by atoms with van der Waals surface area (Å²) in [7, 11) is 0. The number of para-hydroxylation sites is 1. The largest absolute Gasteiger partial charge is 0.325 e. The van der Waals surface area contributed by atoms with Crippen molar-refractivity contribution in [2.24, 2.45) is 0 Å². The number of aromatic nitrogens is 2. The number of benzene rings is 1. The number of nitrogens with one attached hydrogen (secondary N) is 1. The van der Waals surface area contributed by atoms with Crippen LogP contribution in [0.25, 0.3) is 0 Å². The number of hydrogen-bond donors (Lipinski definition) is 1. The first kappa shape index (κ1) is 19.3. The van der Waals surface area contributed by atoms with E-state index in [9.17, 15) is 9.59 Å². The molecule has 0 unspecified atom stereocenters. The Morgan fingerprint density at radius 1 is 1.37 bits per heavy atom. The zero-order chi connectivity index (χ0) is 19.2. The molecule has 2 aromatic rings. The monoisotopic (exact) mass is 401 g/mol. The number of nitrogens with zero attached hydrogens (tertiary/aromatic N) is 4. The van der Waals surface area contributed by atoms with E-state index in [0.29, 0.717) is 35.0 Å². The van der Waals surface area contributed by atoms with Crippen molar-refractivity contribution >= 4 is 45.7 Å². The van der Waals surface area contributed by atoms with E-state index in [-0.39, 0.29) is 17.9 Å². The van der Waals surface area contributed by atoms with Crippen molar-refractivity contribution in [3.63, 3.8) is 0 Å². The lowest BCUT2D eigenvalue weighted by atomic mass is 10.2. The maximum Gasteiger partial charge on any atom is 0.228 e. The molecule has 0 bridgehead atoms. The number of nitriles is 1. The Labute approximate surface area is 165 Å².